The van der Waals surface area contributed by atoms with Crippen molar-refractivity contribution in [2.24, 2.45) is 23.7 Å². The van der Waals surface area contributed by atoms with E-state index in [4.69, 9.17) is 9.84 Å². The van der Waals surface area contributed by atoms with Gasteiger partial charge in [-0.3, -0.25) is 9.59 Å². The zero-order chi connectivity index (χ0) is 32.0. The number of aromatic nitrogens is 3. The molecule has 1 amide bonds. The maximum absolute atomic E-state index is 14.3. The smallest absolute Gasteiger partial charge is 0.306 e. The molecule has 4 aromatic rings. The fraction of sp³-hybridized carbons (Fsp3) is 0.412. The molecule has 1 saturated heterocycles. The monoisotopic (exact) mass is 619 g/mol. The minimum atomic E-state index is -1.55. The van der Waals surface area contributed by atoms with Crippen molar-refractivity contribution >= 4 is 23.3 Å². The third-order valence-electron chi connectivity index (χ3n) is 8.88. The molecular formula is C34H36F3N5O3. The van der Waals surface area contributed by atoms with E-state index in [2.05, 4.69) is 30.7 Å². The third-order valence-corrected chi connectivity index (χ3v) is 8.88. The molecule has 8 nitrogen and oxygen atoms in total. The molecule has 45 heavy (non-hydrogen) atoms. The fourth-order valence-electron chi connectivity index (χ4n) is 6.57. The Morgan fingerprint density at radius 1 is 1.00 bits per heavy atom. The van der Waals surface area contributed by atoms with E-state index in [0.717, 1.165) is 17.7 Å². The third kappa shape index (κ3) is 6.00. The fourth-order valence-corrected chi connectivity index (χ4v) is 6.57. The summed E-state index contributed by atoms with van der Waals surface area (Å²) >= 11 is 0. The first-order valence-corrected chi connectivity index (χ1v) is 15.4. The topological polar surface area (TPSA) is 80.0 Å². The van der Waals surface area contributed by atoms with E-state index in [1.165, 1.54) is 0 Å². The Morgan fingerprint density at radius 3 is 2.29 bits per heavy atom. The molecule has 1 saturated carbocycles. The largest absolute Gasteiger partial charge is 0.466 e. The zero-order valence-electron chi connectivity index (χ0n) is 25.7. The van der Waals surface area contributed by atoms with Crippen LogP contribution in [0.3, 0.4) is 0 Å². The van der Waals surface area contributed by atoms with E-state index < -0.39 is 17.5 Å². The van der Waals surface area contributed by atoms with Gasteiger partial charge in [0, 0.05) is 43.8 Å². The molecule has 2 aromatic heterocycles. The van der Waals surface area contributed by atoms with E-state index in [0.29, 0.717) is 44.1 Å². The molecule has 1 aliphatic heterocycles. The van der Waals surface area contributed by atoms with Gasteiger partial charge in [0.1, 0.15) is 5.82 Å². The predicted molar refractivity (Wildman–Crippen MR) is 163 cm³/mol. The minimum absolute atomic E-state index is 0.0633. The van der Waals surface area contributed by atoms with Crippen molar-refractivity contribution in [2.75, 3.05) is 31.1 Å². The number of carbonyl (C=O) groups excluding carboxylic acids is 2. The Balaban J connectivity index is 1.38. The normalized spacial score (nSPS) is 19.6. The minimum Gasteiger partial charge on any atom is -0.466 e. The van der Waals surface area contributed by atoms with Crippen molar-refractivity contribution in [1.29, 1.82) is 0 Å². The second kappa shape index (κ2) is 12.2. The summed E-state index contributed by atoms with van der Waals surface area (Å²) in [6.45, 7) is 10.0. The lowest BCUT2D eigenvalue weighted by molar-refractivity contribution is -0.143. The molecule has 0 N–H and O–H groups in total. The maximum atomic E-state index is 14.3. The first kappa shape index (κ1) is 30.6. The molecule has 0 spiro atoms. The average Bonchev–Trinajstić information content (AvgIpc) is 3.34. The lowest BCUT2D eigenvalue weighted by Crippen LogP contribution is -2.33. The van der Waals surface area contributed by atoms with Gasteiger partial charge in [-0.05, 0) is 55.2 Å². The first-order chi connectivity index (χ1) is 21.5. The van der Waals surface area contributed by atoms with Crippen LogP contribution in [0.1, 0.15) is 56.2 Å². The SMILES string of the molecule is CCOC(=O)C[C@H]1C2CN(C(=O)c3cc4nc(-c5cc(F)c(F)c(F)c5)cc(N(CC(C)C)[C@@H](C)c5ccccc5)n4n3)C[C@H]21. The molecule has 3 heterocycles. The Kier molecular flexibility index (Phi) is 8.28. The summed E-state index contributed by atoms with van der Waals surface area (Å²) in [6, 6.07) is 14.8. The van der Waals surface area contributed by atoms with Gasteiger partial charge in [-0.1, -0.05) is 44.2 Å². The molecule has 4 atom stereocenters. The van der Waals surface area contributed by atoms with Crippen LogP contribution in [0.5, 0.6) is 0 Å². The molecule has 6 rings (SSSR count). The molecule has 236 valence electrons. The van der Waals surface area contributed by atoms with Crippen molar-refractivity contribution in [3.8, 4) is 11.3 Å². The van der Waals surface area contributed by atoms with Gasteiger partial charge in [0.15, 0.2) is 28.8 Å². The Labute approximate surface area is 259 Å². The highest BCUT2D eigenvalue weighted by Crippen LogP contribution is 2.53. The number of likely N-dealkylation sites (tertiary alicyclic amines) is 1. The number of nitrogens with zero attached hydrogens (tertiary/aromatic N) is 5. The number of amides is 1. The van der Waals surface area contributed by atoms with Crippen molar-refractivity contribution in [2.45, 2.75) is 40.2 Å². The van der Waals surface area contributed by atoms with Gasteiger partial charge >= 0.3 is 5.97 Å². The Morgan fingerprint density at radius 2 is 1.67 bits per heavy atom. The van der Waals surface area contributed by atoms with Crippen LogP contribution in [0.2, 0.25) is 0 Å². The number of ether oxygens (including phenoxy) is 1. The number of benzene rings is 2. The lowest BCUT2D eigenvalue weighted by atomic mass is 10.0. The van der Waals surface area contributed by atoms with Gasteiger partial charge in [-0.15, -0.1) is 0 Å². The van der Waals surface area contributed by atoms with E-state index in [-0.39, 0.29) is 58.5 Å². The van der Waals surface area contributed by atoms with Crippen LogP contribution in [0.4, 0.5) is 19.0 Å². The second-order valence-corrected chi connectivity index (χ2v) is 12.4. The molecule has 0 bridgehead atoms. The summed E-state index contributed by atoms with van der Waals surface area (Å²) < 4.78 is 49.2. The molecular weight excluding hydrogens is 583 g/mol. The van der Waals surface area contributed by atoms with E-state index in [9.17, 15) is 22.8 Å². The van der Waals surface area contributed by atoms with Crippen LogP contribution in [-0.2, 0) is 9.53 Å². The van der Waals surface area contributed by atoms with Gasteiger partial charge in [-0.2, -0.15) is 9.61 Å². The Hall–Kier alpha value is -4.41. The molecule has 1 unspecified atom stereocenters. The van der Waals surface area contributed by atoms with E-state index in [1.807, 2.05) is 30.3 Å². The molecule has 0 radical (unpaired) electrons. The van der Waals surface area contributed by atoms with Crippen LogP contribution >= 0.6 is 0 Å². The Bertz CT molecular complexity index is 1710. The van der Waals surface area contributed by atoms with Crippen molar-refractivity contribution in [3.63, 3.8) is 0 Å². The van der Waals surface area contributed by atoms with E-state index >= 15 is 0 Å². The number of fused-ring (bicyclic) bond motifs is 2. The van der Waals surface area contributed by atoms with Crippen LogP contribution in [0.25, 0.3) is 16.9 Å². The number of hydrogen-bond donors (Lipinski definition) is 0. The second-order valence-electron chi connectivity index (χ2n) is 12.4. The standard InChI is InChI=1S/C34H36F3N5O3/c1-5-45-32(43)13-23-24-17-40(18-25(23)24)34(44)29-14-30-38-28(22-11-26(35)33(37)27(36)12-22)15-31(42(30)39-29)41(16-19(2)3)20(4)21-9-7-6-8-10-21/h6-12,14-15,19-20,23-25H,5,13,16-18H2,1-4H3/t20-,23-,24?,25-/m0/s1. The highest BCUT2D eigenvalue weighted by atomic mass is 19.2. The number of piperidine rings is 1. The number of anilines is 1. The average molecular weight is 620 g/mol. The predicted octanol–water partition coefficient (Wildman–Crippen LogP) is 6.31. The van der Waals surface area contributed by atoms with Crippen molar-refractivity contribution < 1.29 is 27.5 Å². The van der Waals surface area contributed by atoms with Crippen molar-refractivity contribution in [3.05, 3.63) is 83.3 Å². The van der Waals surface area contributed by atoms with Crippen LogP contribution < -0.4 is 4.90 Å². The summed E-state index contributed by atoms with van der Waals surface area (Å²) in [5.41, 5.74) is 1.83. The van der Waals surface area contributed by atoms with Gasteiger partial charge < -0.3 is 14.5 Å². The number of halogens is 3. The molecule has 2 fully saturated rings. The van der Waals surface area contributed by atoms with Crippen LogP contribution in [-0.4, -0.2) is 57.6 Å². The van der Waals surface area contributed by atoms with E-state index in [1.54, 1.807) is 28.5 Å². The summed E-state index contributed by atoms with van der Waals surface area (Å²) in [5, 5.41) is 4.72. The van der Waals surface area contributed by atoms with Gasteiger partial charge in [0.2, 0.25) is 0 Å². The zero-order valence-corrected chi connectivity index (χ0v) is 25.7. The number of rotatable bonds is 10. The van der Waals surface area contributed by atoms with Gasteiger partial charge in [-0.25, -0.2) is 18.2 Å². The van der Waals surface area contributed by atoms with Crippen LogP contribution in [0, 0.1) is 41.1 Å². The number of hydrogen-bond acceptors (Lipinski definition) is 6. The summed E-state index contributed by atoms with van der Waals surface area (Å²) in [4.78, 5) is 34.1. The number of esters is 1. The molecule has 11 heteroatoms. The van der Waals surface area contributed by atoms with Gasteiger partial charge in [0.05, 0.1) is 18.3 Å². The van der Waals surface area contributed by atoms with Crippen molar-refractivity contribution in [1.82, 2.24) is 19.5 Å². The highest BCUT2D eigenvalue weighted by Gasteiger charge is 2.57. The molecule has 2 aliphatic rings. The van der Waals surface area contributed by atoms with Gasteiger partial charge in [0.25, 0.3) is 5.91 Å². The maximum Gasteiger partial charge on any atom is 0.306 e. The summed E-state index contributed by atoms with van der Waals surface area (Å²) in [6.07, 6.45) is 0.367. The summed E-state index contributed by atoms with van der Waals surface area (Å²) in [5.74, 6) is -3.11. The molecule has 2 aromatic carbocycles. The molecule has 1 aliphatic carbocycles. The lowest BCUT2D eigenvalue weighted by Gasteiger charge is -2.33. The van der Waals surface area contributed by atoms with Crippen LogP contribution in [0.15, 0.2) is 54.6 Å². The number of carbonyl (C=O) groups is 2. The first-order valence-electron chi connectivity index (χ1n) is 15.4. The quantitative estimate of drug-likeness (QED) is 0.153. The summed E-state index contributed by atoms with van der Waals surface area (Å²) in [7, 11) is 0. The highest BCUT2D eigenvalue weighted by molar-refractivity contribution is 5.94.